The minimum Gasteiger partial charge on any atom is -0.489 e. The lowest BCUT2D eigenvalue weighted by molar-refractivity contribution is -0.126. The van der Waals surface area contributed by atoms with Crippen LogP contribution in [0.15, 0.2) is 78.7 Å². The van der Waals surface area contributed by atoms with Gasteiger partial charge in [0, 0.05) is 25.8 Å². The highest BCUT2D eigenvalue weighted by Crippen LogP contribution is 2.27. The average molecular weight is 550 g/mol. The lowest BCUT2D eigenvalue weighted by atomic mass is 9.89. The van der Waals surface area contributed by atoms with Crippen LogP contribution in [0.3, 0.4) is 0 Å². The van der Waals surface area contributed by atoms with Crippen molar-refractivity contribution in [1.29, 1.82) is 0 Å². The first-order valence-electron chi connectivity index (χ1n) is 12.8. The fourth-order valence-corrected chi connectivity index (χ4v) is 4.56. The van der Waals surface area contributed by atoms with Crippen molar-refractivity contribution < 1.29 is 28.2 Å². The fourth-order valence-electron chi connectivity index (χ4n) is 4.56. The molecule has 40 heavy (non-hydrogen) atoms. The highest BCUT2D eigenvalue weighted by Gasteiger charge is 2.48. The molecule has 0 spiro atoms. The Morgan fingerprint density at radius 3 is 2.65 bits per heavy atom. The molecule has 11 heteroatoms. The number of allylic oxidation sites excluding steroid dienone is 2. The van der Waals surface area contributed by atoms with E-state index in [1.807, 2.05) is 25.1 Å². The molecule has 210 valence electrons. The maximum absolute atomic E-state index is 13.5. The maximum Gasteiger partial charge on any atom is 0.322 e. The van der Waals surface area contributed by atoms with Crippen molar-refractivity contribution in [2.45, 2.75) is 19.1 Å². The van der Waals surface area contributed by atoms with Gasteiger partial charge in [0.05, 0.1) is 19.8 Å². The number of nitrogens with one attached hydrogen (secondary N) is 2. The van der Waals surface area contributed by atoms with Crippen molar-refractivity contribution >= 4 is 24.2 Å². The van der Waals surface area contributed by atoms with Crippen LogP contribution in [0.4, 0.5) is 15.0 Å². The van der Waals surface area contributed by atoms with Crippen LogP contribution in [-0.2, 0) is 31.2 Å². The number of anilines is 1. The van der Waals surface area contributed by atoms with Gasteiger partial charge in [-0.25, -0.2) is 14.2 Å². The zero-order valence-electron chi connectivity index (χ0n) is 22.3. The number of hydrogen-bond acceptors (Lipinski definition) is 7. The monoisotopic (exact) mass is 549 g/mol. The third-order valence-electron chi connectivity index (χ3n) is 6.50. The van der Waals surface area contributed by atoms with E-state index in [1.54, 1.807) is 18.3 Å². The number of rotatable bonds is 12. The summed E-state index contributed by atoms with van der Waals surface area (Å²) < 4.78 is 25.0. The molecule has 2 saturated heterocycles. The molecule has 0 radical (unpaired) electrons. The highest BCUT2D eigenvalue weighted by molar-refractivity contribution is 6.07. The number of hydrogen-bond donors (Lipinski definition) is 2. The van der Waals surface area contributed by atoms with Gasteiger partial charge in [0.25, 0.3) is 5.91 Å². The largest absolute Gasteiger partial charge is 0.489 e. The molecule has 2 aliphatic rings. The molecule has 3 heterocycles. The van der Waals surface area contributed by atoms with E-state index >= 15 is 0 Å². The zero-order valence-corrected chi connectivity index (χ0v) is 22.3. The topological polar surface area (TPSA) is 113 Å². The van der Waals surface area contributed by atoms with Crippen LogP contribution in [0.5, 0.6) is 0 Å². The number of benzene rings is 1. The Bertz CT molecular complexity index is 1310. The molecule has 2 aromatic rings. The average Bonchev–Trinajstić information content (AvgIpc) is 3.25. The third-order valence-corrected chi connectivity index (χ3v) is 6.50. The number of carbonyl (C=O) groups is 3. The molecule has 0 bridgehead atoms. The Hall–Kier alpha value is -4.51. The van der Waals surface area contributed by atoms with E-state index < -0.39 is 23.3 Å². The van der Waals surface area contributed by atoms with Crippen LogP contribution < -0.4 is 15.5 Å². The molecular weight excluding hydrogens is 517 g/mol. The summed E-state index contributed by atoms with van der Waals surface area (Å²) in [4.78, 5) is 44.8. The highest BCUT2D eigenvalue weighted by atomic mass is 19.1. The van der Waals surface area contributed by atoms with E-state index in [0.29, 0.717) is 43.1 Å². The number of pyridine rings is 1. The summed E-state index contributed by atoms with van der Waals surface area (Å²) in [7, 11) is 0. The molecule has 0 saturated carbocycles. The summed E-state index contributed by atoms with van der Waals surface area (Å²) in [6, 6.07) is 8.35. The SMILES string of the molecule is C=C(/C=C(\C=C/C)OCc1ccnc(N2CCOCC2)c1)CN(C=O)CC1(c2ccc(F)cc2)NC(=O)NC1=O. The molecule has 2 fully saturated rings. The van der Waals surface area contributed by atoms with Gasteiger partial charge in [-0.2, -0.15) is 0 Å². The molecule has 1 unspecified atom stereocenters. The van der Waals surface area contributed by atoms with Gasteiger partial charge < -0.3 is 24.6 Å². The lowest BCUT2D eigenvalue weighted by Crippen LogP contribution is -2.52. The van der Waals surface area contributed by atoms with Crippen molar-refractivity contribution in [2.75, 3.05) is 44.3 Å². The summed E-state index contributed by atoms with van der Waals surface area (Å²) in [5.41, 5.74) is 0.244. The number of halogens is 1. The Morgan fingerprint density at radius 2 is 2.00 bits per heavy atom. The number of morpholine rings is 1. The number of imide groups is 1. The number of aromatic nitrogens is 1. The molecule has 0 aliphatic carbocycles. The van der Waals surface area contributed by atoms with Gasteiger partial charge in [0.2, 0.25) is 6.41 Å². The Labute approximate surface area is 232 Å². The second-order valence-electron chi connectivity index (χ2n) is 9.45. The Kier molecular flexibility index (Phi) is 9.28. The van der Waals surface area contributed by atoms with Crippen LogP contribution >= 0.6 is 0 Å². The van der Waals surface area contributed by atoms with Gasteiger partial charge in [0.1, 0.15) is 24.0 Å². The summed E-state index contributed by atoms with van der Waals surface area (Å²) in [6.07, 6.45) is 7.63. The summed E-state index contributed by atoms with van der Waals surface area (Å²) in [5.74, 6) is 0.271. The Balaban J connectivity index is 1.44. The molecule has 4 rings (SSSR count). The van der Waals surface area contributed by atoms with E-state index in [1.165, 1.54) is 29.2 Å². The van der Waals surface area contributed by atoms with E-state index in [2.05, 4.69) is 27.1 Å². The summed E-state index contributed by atoms with van der Waals surface area (Å²) in [6.45, 7) is 8.96. The van der Waals surface area contributed by atoms with Crippen molar-refractivity contribution in [3.8, 4) is 0 Å². The van der Waals surface area contributed by atoms with Crippen LogP contribution in [-0.4, -0.2) is 67.6 Å². The van der Waals surface area contributed by atoms with Crippen LogP contribution in [0.2, 0.25) is 0 Å². The lowest BCUT2D eigenvalue weighted by Gasteiger charge is -2.31. The van der Waals surface area contributed by atoms with Crippen molar-refractivity contribution in [3.05, 3.63) is 95.7 Å². The summed E-state index contributed by atoms with van der Waals surface area (Å²) in [5, 5.41) is 4.81. The molecule has 2 N–H and O–H groups in total. The Morgan fingerprint density at radius 1 is 1.25 bits per heavy atom. The second kappa shape index (κ2) is 13.0. The molecule has 1 atom stereocenters. The smallest absolute Gasteiger partial charge is 0.322 e. The predicted octanol–water partition coefficient (Wildman–Crippen LogP) is 2.78. The summed E-state index contributed by atoms with van der Waals surface area (Å²) >= 11 is 0. The van der Waals surface area contributed by atoms with E-state index in [9.17, 15) is 18.8 Å². The first kappa shape index (κ1) is 28.5. The zero-order chi connectivity index (χ0) is 28.5. The number of urea groups is 1. The standard InChI is InChI=1S/C29H32FN5O5/c1-3-4-25(40-18-22-9-10-31-26(16-22)35-11-13-39-14-12-35)15-21(2)17-34(20-36)19-29(27(37)32-28(38)33-29)23-5-7-24(30)8-6-23/h3-10,15-16,20H,2,11-14,17-19H2,1H3,(H2,32,33,37,38)/b4-3-,25-15+. The molecule has 2 aliphatic heterocycles. The number of ether oxygens (including phenoxy) is 2. The first-order chi connectivity index (χ1) is 19.3. The quantitative estimate of drug-likeness (QED) is 0.181. The van der Waals surface area contributed by atoms with Gasteiger partial charge in [-0.3, -0.25) is 14.9 Å². The predicted molar refractivity (Wildman–Crippen MR) is 146 cm³/mol. The first-order valence-corrected chi connectivity index (χ1v) is 12.8. The maximum atomic E-state index is 13.5. The van der Waals surface area contributed by atoms with Gasteiger partial charge in [-0.1, -0.05) is 24.8 Å². The number of nitrogens with zero attached hydrogens (tertiary/aromatic N) is 3. The van der Waals surface area contributed by atoms with Gasteiger partial charge in [0.15, 0.2) is 5.54 Å². The third kappa shape index (κ3) is 6.92. The van der Waals surface area contributed by atoms with Crippen LogP contribution in [0, 0.1) is 5.82 Å². The van der Waals surface area contributed by atoms with Crippen molar-refractivity contribution in [2.24, 2.45) is 0 Å². The molecular formula is C29H32FN5O5. The van der Waals surface area contributed by atoms with E-state index in [-0.39, 0.29) is 13.1 Å². The normalized spacial score (nSPS) is 19.4. The number of amides is 4. The van der Waals surface area contributed by atoms with Crippen LogP contribution in [0.1, 0.15) is 18.1 Å². The van der Waals surface area contributed by atoms with Crippen LogP contribution in [0.25, 0.3) is 0 Å². The van der Waals surface area contributed by atoms with Crippen molar-refractivity contribution in [1.82, 2.24) is 20.5 Å². The molecule has 4 amide bonds. The van der Waals surface area contributed by atoms with Gasteiger partial charge >= 0.3 is 6.03 Å². The van der Waals surface area contributed by atoms with E-state index in [4.69, 9.17) is 9.47 Å². The minimum absolute atomic E-state index is 0.0520. The fraction of sp³-hybridized carbons (Fsp3) is 0.310. The molecule has 10 nitrogen and oxygen atoms in total. The molecule has 1 aromatic heterocycles. The van der Waals surface area contributed by atoms with Gasteiger partial charge in [-0.05, 0) is 60.0 Å². The number of carbonyl (C=O) groups excluding carboxylic acids is 3. The van der Waals surface area contributed by atoms with Crippen molar-refractivity contribution in [3.63, 3.8) is 0 Å². The van der Waals surface area contributed by atoms with E-state index in [0.717, 1.165) is 24.5 Å². The molecule has 1 aromatic carbocycles. The second-order valence-corrected chi connectivity index (χ2v) is 9.45. The van der Waals surface area contributed by atoms with Gasteiger partial charge in [-0.15, -0.1) is 0 Å². The minimum atomic E-state index is -1.57.